The van der Waals surface area contributed by atoms with E-state index in [2.05, 4.69) is 186 Å². The van der Waals surface area contributed by atoms with Gasteiger partial charge in [-0.3, -0.25) is 38.7 Å². The molecule has 11 fully saturated rings. The summed E-state index contributed by atoms with van der Waals surface area (Å²) in [6.07, 6.45) is 17.5. The molecule has 8 saturated heterocycles. The van der Waals surface area contributed by atoms with Crippen LogP contribution in [0.25, 0.3) is 0 Å². The van der Waals surface area contributed by atoms with Gasteiger partial charge in [0.25, 0.3) is 0 Å². The molecule has 1 unspecified atom stereocenters. The summed E-state index contributed by atoms with van der Waals surface area (Å²) in [6, 6.07) is 2.90. The number of carbonyl (C=O) groups excluding carboxylic acids is 5. The second-order valence-corrected chi connectivity index (χ2v) is 37.9. The van der Waals surface area contributed by atoms with Gasteiger partial charge in [0.1, 0.15) is 0 Å². The number of amides is 5. The average molecular weight is 1310 g/mol. The fraction of sp³-hybridized carbons (Fsp3) is 0.909. The highest BCUT2D eigenvalue weighted by atomic mass is 16.2. The molecule has 3 aliphatic carbocycles. The van der Waals surface area contributed by atoms with Gasteiger partial charge in [0.05, 0.1) is 0 Å². The average Bonchev–Trinajstić information content (AvgIpc) is 1.21. The Morgan fingerprint density at radius 2 is 0.989 bits per heavy atom. The number of carbonyl (C=O) groups is 5. The third-order valence-electron chi connectivity index (χ3n) is 22.4. The second kappa shape index (κ2) is 32.1. The summed E-state index contributed by atoms with van der Waals surface area (Å²) >= 11 is 0. The smallest absolute Gasteiger partial charge is 0.219 e. The van der Waals surface area contributed by atoms with Crippen LogP contribution in [0.1, 0.15) is 263 Å². The van der Waals surface area contributed by atoms with E-state index >= 15 is 0 Å². The molecule has 4 N–H and O–H groups in total. The monoisotopic (exact) mass is 1300 g/mol. The molecule has 0 aromatic heterocycles. The third-order valence-corrected chi connectivity index (χ3v) is 22.4. The number of hydrogen-bond acceptors (Lipinski definition) is 11. The SMILES string of the molecule is C=C1CCC2(CCN(C(C)C)CC2)N1.CC(=O)N1CC(CC(C)(C)C)C1.CC(=O)N1CC2(C1)CN(C(C)(C)C)C2.CC(=O)N1CC2(CC(NC(C)(C)C)C2)C1.CC(=O)NC1CC2(C1)CN(C(C)C)C2.CC(=O)NC1CCCN(C(C)(C)C)CC1.CC1CC(C(C)(C)C)C1. The lowest BCUT2D eigenvalue weighted by atomic mass is 9.60. The molecule has 11 rings (SSSR count). The number of allylic oxidation sites excluding steroid dienone is 1. The van der Waals surface area contributed by atoms with Crippen LogP contribution < -0.4 is 21.3 Å². The Morgan fingerprint density at radius 3 is 1.37 bits per heavy atom. The van der Waals surface area contributed by atoms with E-state index in [0.29, 0.717) is 68.4 Å². The van der Waals surface area contributed by atoms with Crippen molar-refractivity contribution in [3.05, 3.63) is 12.3 Å². The fourth-order valence-corrected chi connectivity index (χ4v) is 16.5. The first-order chi connectivity index (χ1) is 42.5. The van der Waals surface area contributed by atoms with Gasteiger partial charge in [0.15, 0.2) is 0 Å². The molecule has 5 amide bonds. The molecular formula is C77H145N11O5. The normalized spacial score (nSPS) is 26.4. The standard InChI is InChI=1S/C12H22N2O.C12H24N2O.C12H22N2.2C11H20N2O.C10H19NO.C9H18/c1-9(15)14-7-12(8-14)5-10(6-12)13-11(2,3)4;1-10(15)13-11-6-5-8-14(9-7-11)12(2,3)4;1-10(2)14-8-6-12(7-9-14)5-4-11(3)13-12;1-9(14)12-5-11(6-12)7-13(8-11)10(2,3)4;1-8(2)13-6-11(7-13)4-10(5-11)12-9(3)14;1-8(12)11-6-9(7-11)5-10(2,3)4;1-7-5-8(6-7)9(2,3)4/h10,13H,5-8H2,1-4H3;11H,5-9H2,1-4H3,(H,13,15);10,13H,3-9H2,1-2H3;5-8H2,1-4H3;8,10H,4-7H2,1-3H3,(H,12,14);9H,5-7H2,1-4H3;7-8H,5-6H2,1-4H3. The first-order valence-corrected chi connectivity index (χ1v) is 37.0. The van der Waals surface area contributed by atoms with Gasteiger partial charge in [0.2, 0.25) is 29.5 Å². The second-order valence-electron chi connectivity index (χ2n) is 37.9. The fourth-order valence-electron chi connectivity index (χ4n) is 16.5. The van der Waals surface area contributed by atoms with Crippen molar-refractivity contribution in [1.29, 1.82) is 0 Å². The zero-order valence-electron chi connectivity index (χ0n) is 64.8. The van der Waals surface area contributed by atoms with E-state index in [1.54, 1.807) is 34.6 Å². The van der Waals surface area contributed by atoms with E-state index < -0.39 is 0 Å². The van der Waals surface area contributed by atoms with E-state index in [1.165, 1.54) is 122 Å². The molecular weight excluding hydrogens is 1160 g/mol. The summed E-state index contributed by atoms with van der Waals surface area (Å²) in [5.41, 5.74) is 4.93. The van der Waals surface area contributed by atoms with Crippen LogP contribution in [0, 0.1) is 44.8 Å². The Bertz CT molecular complexity index is 2400. The van der Waals surface area contributed by atoms with Crippen molar-refractivity contribution in [2.75, 3.05) is 91.6 Å². The van der Waals surface area contributed by atoms with Gasteiger partial charge in [-0.05, 0) is 220 Å². The zero-order chi connectivity index (χ0) is 70.3. The summed E-state index contributed by atoms with van der Waals surface area (Å²) < 4.78 is 0. The molecule has 8 aliphatic heterocycles. The Labute approximate surface area is 570 Å². The molecule has 3 saturated carbocycles. The molecule has 8 heterocycles. The predicted molar refractivity (Wildman–Crippen MR) is 387 cm³/mol. The van der Waals surface area contributed by atoms with E-state index in [-0.39, 0.29) is 40.6 Å². The van der Waals surface area contributed by atoms with Gasteiger partial charge < -0.3 is 40.9 Å². The van der Waals surface area contributed by atoms with Crippen molar-refractivity contribution < 1.29 is 24.0 Å². The van der Waals surface area contributed by atoms with Crippen LogP contribution >= 0.6 is 0 Å². The van der Waals surface area contributed by atoms with Crippen LogP contribution in [0.3, 0.4) is 0 Å². The number of nitrogens with one attached hydrogen (secondary N) is 4. The van der Waals surface area contributed by atoms with Crippen molar-refractivity contribution in [3.63, 3.8) is 0 Å². The van der Waals surface area contributed by atoms with Crippen LogP contribution in [0.4, 0.5) is 0 Å². The summed E-state index contributed by atoms with van der Waals surface area (Å²) in [4.78, 5) is 70.7. The Morgan fingerprint density at radius 1 is 0.538 bits per heavy atom. The molecule has 93 heavy (non-hydrogen) atoms. The lowest BCUT2D eigenvalue weighted by Gasteiger charge is -2.63. The highest BCUT2D eigenvalue weighted by Gasteiger charge is 2.56. The van der Waals surface area contributed by atoms with Gasteiger partial charge >= 0.3 is 0 Å². The Kier molecular flexibility index (Phi) is 27.8. The van der Waals surface area contributed by atoms with Crippen molar-refractivity contribution in [2.45, 2.75) is 315 Å². The molecule has 538 valence electrons. The van der Waals surface area contributed by atoms with Crippen LogP contribution in [-0.4, -0.2) is 208 Å². The minimum atomic E-state index is 0.101. The molecule has 0 bridgehead atoms. The van der Waals surface area contributed by atoms with Crippen molar-refractivity contribution in [1.82, 2.24) is 55.6 Å². The van der Waals surface area contributed by atoms with Gasteiger partial charge in [-0.1, -0.05) is 55.0 Å². The number of likely N-dealkylation sites (tertiary alicyclic amines) is 7. The molecule has 0 aromatic carbocycles. The zero-order valence-corrected chi connectivity index (χ0v) is 64.8. The molecule has 16 heteroatoms. The molecule has 16 nitrogen and oxygen atoms in total. The Balaban J connectivity index is 0.000000198. The van der Waals surface area contributed by atoms with Crippen LogP contribution in [-0.2, 0) is 24.0 Å². The first-order valence-electron chi connectivity index (χ1n) is 37.0. The summed E-state index contributed by atoms with van der Waals surface area (Å²) in [7, 11) is 0. The van der Waals surface area contributed by atoms with Gasteiger partial charge in [-0.2, -0.15) is 0 Å². The first kappa shape index (κ1) is 80.4. The van der Waals surface area contributed by atoms with Crippen LogP contribution in [0.2, 0.25) is 0 Å². The quantitative estimate of drug-likeness (QED) is 0.201. The van der Waals surface area contributed by atoms with E-state index in [0.717, 1.165) is 83.0 Å². The van der Waals surface area contributed by atoms with E-state index in [9.17, 15) is 24.0 Å². The predicted octanol–water partition coefficient (Wildman–Crippen LogP) is 12.2. The molecule has 1 atom stereocenters. The maximum Gasteiger partial charge on any atom is 0.219 e. The lowest BCUT2D eigenvalue weighted by molar-refractivity contribution is -0.166. The van der Waals surface area contributed by atoms with Crippen LogP contribution in [0.15, 0.2) is 12.3 Å². The largest absolute Gasteiger partial charge is 0.383 e. The van der Waals surface area contributed by atoms with Crippen molar-refractivity contribution in [3.8, 4) is 0 Å². The Hall–Kier alpha value is -3.31. The number of nitrogens with zero attached hydrogens (tertiary/aromatic N) is 7. The highest BCUT2D eigenvalue weighted by molar-refractivity contribution is 5.75. The van der Waals surface area contributed by atoms with Gasteiger partial charge in [-0.15, -0.1) is 0 Å². The van der Waals surface area contributed by atoms with Crippen molar-refractivity contribution >= 4 is 29.5 Å². The molecule has 0 radical (unpaired) electrons. The lowest BCUT2D eigenvalue weighted by Crippen LogP contribution is -2.75. The summed E-state index contributed by atoms with van der Waals surface area (Å²) in [5, 5.41) is 13.2. The molecule has 4 spiro atoms. The van der Waals surface area contributed by atoms with E-state index in [1.807, 2.05) is 14.7 Å². The summed E-state index contributed by atoms with van der Waals surface area (Å²) in [6.45, 7) is 73.0. The van der Waals surface area contributed by atoms with E-state index in [4.69, 9.17) is 0 Å². The van der Waals surface area contributed by atoms with Crippen molar-refractivity contribution in [2.24, 2.45) is 44.8 Å². The number of hydrogen-bond donors (Lipinski definition) is 4. The topological polar surface area (TPSA) is 156 Å². The summed E-state index contributed by atoms with van der Waals surface area (Å²) in [5.74, 6) is 3.66. The number of piperidine rings is 1. The molecule has 0 aromatic rings. The minimum Gasteiger partial charge on any atom is -0.383 e. The number of rotatable bonds is 6. The maximum absolute atomic E-state index is 11.1. The van der Waals surface area contributed by atoms with Gasteiger partial charge in [0, 0.05) is 189 Å². The maximum atomic E-state index is 11.1. The third kappa shape index (κ3) is 25.2. The van der Waals surface area contributed by atoms with Crippen LogP contribution in [0.5, 0.6) is 0 Å². The molecule has 11 aliphatic rings. The van der Waals surface area contributed by atoms with Gasteiger partial charge in [-0.25, -0.2) is 0 Å². The minimum absolute atomic E-state index is 0.101. The highest BCUT2D eigenvalue weighted by Crippen LogP contribution is 2.50.